The van der Waals surface area contributed by atoms with Gasteiger partial charge in [-0.25, -0.2) is 4.79 Å². The van der Waals surface area contributed by atoms with Crippen LogP contribution in [0.3, 0.4) is 0 Å². The Morgan fingerprint density at radius 3 is 2.96 bits per heavy atom. The van der Waals surface area contributed by atoms with Gasteiger partial charge in [0.1, 0.15) is 5.60 Å². The molecule has 1 aliphatic carbocycles. The Morgan fingerprint density at radius 1 is 1.21 bits per heavy atom. The second-order valence-electron chi connectivity index (χ2n) is 7.66. The Bertz CT molecular complexity index is 688. The summed E-state index contributed by atoms with van der Waals surface area (Å²) >= 11 is 1.99. The highest BCUT2D eigenvalue weighted by atomic mass is 32.2. The molecule has 2 saturated heterocycles. The van der Waals surface area contributed by atoms with E-state index in [2.05, 4.69) is 35.2 Å². The lowest BCUT2D eigenvalue weighted by atomic mass is 9.82. The van der Waals surface area contributed by atoms with E-state index in [1.807, 2.05) is 11.8 Å². The minimum Gasteiger partial charge on any atom is -0.454 e. The van der Waals surface area contributed by atoms with Crippen LogP contribution in [-0.4, -0.2) is 40.3 Å². The average molecular weight is 341 g/mol. The van der Waals surface area contributed by atoms with E-state index in [1.54, 1.807) is 6.08 Å². The SMILES string of the molecule is O=C1C=C2CC(Sc3ccccc3)C3CC(C2)(O1)C1CCCCN31. The zero-order valence-corrected chi connectivity index (χ0v) is 14.6. The number of hydrogen-bond donors (Lipinski definition) is 0. The predicted octanol–water partition coefficient (Wildman–Crippen LogP) is 3.79. The number of piperidine rings is 1. The number of carbonyl (C=O) groups excluding carboxylic acids is 1. The Balaban J connectivity index is 1.53. The van der Waals surface area contributed by atoms with Gasteiger partial charge in [0.2, 0.25) is 0 Å². The molecule has 0 aromatic heterocycles. The van der Waals surface area contributed by atoms with Crippen LogP contribution in [-0.2, 0) is 9.53 Å². The molecule has 3 fully saturated rings. The van der Waals surface area contributed by atoms with Gasteiger partial charge in [-0.3, -0.25) is 4.90 Å². The number of thioether (sulfide) groups is 1. The molecule has 1 aromatic rings. The Labute approximate surface area is 147 Å². The lowest BCUT2D eigenvalue weighted by Gasteiger charge is -2.44. The van der Waals surface area contributed by atoms with Crippen molar-refractivity contribution < 1.29 is 9.53 Å². The summed E-state index contributed by atoms with van der Waals surface area (Å²) in [6.45, 7) is 1.17. The molecule has 0 N–H and O–H groups in total. The lowest BCUT2D eigenvalue weighted by molar-refractivity contribution is -0.159. The molecule has 4 aliphatic rings. The zero-order valence-electron chi connectivity index (χ0n) is 13.8. The molecule has 0 radical (unpaired) electrons. The normalized spacial score (nSPS) is 38.1. The first kappa shape index (κ1) is 15.0. The minimum atomic E-state index is -0.238. The van der Waals surface area contributed by atoms with Crippen molar-refractivity contribution in [3.8, 4) is 0 Å². The van der Waals surface area contributed by atoms with E-state index in [-0.39, 0.29) is 11.6 Å². The van der Waals surface area contributed by atoms with Crippen LogP contribution in [0.15, 0.2) is 46.9 Å². The van der Waals surface area contributed by atoms with Crippen molar-refractivity contribution in [2.45, 2.75) is 66.4 Å². The molecule has 4 heteroatoms. The number of esters is 1. The Kier molecular flexibility index (Phi) is 3.53. The molecule has 0 amide bonds. The van der Waals surface area contributed by atoms with Crippen LogP contribution in [0.4, 0.5) is 0 Å². The van der Waals surface area contributed by atoms with Crippen LogP contribution in [0.25, 0.3) is 0 Å². The molecule has 3 nitrogen and oxygen atoms in total. The predicted molar refractivity (Wildman–Crippen MR) is 95.0 cm³/mol. The molecule has 3 bridgehead atoms. The minimum absolute atomic E-state index is 0.104. The second-order valence-corrected chi connectivity index (χ2v) is 8.97. The molecule has 126 valence electrons. The third-order valence-corrected chi connectivity index (χ3v) is 7.54. The van der Waals surface area contributed by atoms with Crippen molar-refractivity contribution in [2.24, 2.45) is 0 Å². The highest BCUT2D eigenvalue weighted by Crippen LogP contribution is 2.53. The van der Waals surface area contributed by atoms with Crippen molar-refractivity contribution >= 4 is 17.7 Å². The number of rotatable bonds is 2. The van der Waals surface area contributed by atoms with Crippen LogP contribution >= 0.6 is 11.8 Å². The fourth-order valence-corrected chi connectivity index (χ4v) is 6.73. The van der Waals surface area contributed by atoms with Gasteiger partial charge in [-0.2, -0.15) is 0 Å². The third-order valence-electron chi connectivity index (χ3n) is 6.21. The number of benzene rings is 1. The molecular weight excluding hydrogens is 318 g/mol. The first-order valence-corrected chi connectivity index (χ1v) is 10.0. The van der Waals surface area contributed by atoms with Crippen LogP contribution in [0.2, 0.25) is 0 Å². The van der Waals surface area contributed by atoms with E-state index in [9.17, 15) is 4.79 Å². The first-order valence-electron chi connectivity index (χ1n) is 9.13. The monoisotopic (exact) mass is 341 g/mol. The van der Waals surface area contributed by atoms with Gasteiger partial charge < -0.3 is 4.74 Å². The largest absolute Gasteiger partial charge is 0.454 e. The smallest absolute Gasteiger partial charge is 0.331 e. The number of ether oxygens (including phenoxy) is 1. The summed E-state index contributed by atoms with van der Waals surface area (Å²) in [5.41, 5.74) is 1.07. The van der Waals surface area contributed by atoms with E-state index >= 15 is 0 Å². The molecule has 1 saturated carbocycles. The summed E-state index contributed by atoms with van der Waals surface area (Å²) in [6.07, 6.45) is 8.50. The quantitative estimate of drug-likeness (QED) is 0.766. The number of carbonyl (C=O) groups is 1. The first-order chi connectivity index (χ1) is 11.7. The van der Waals surface area contributed by atoms with Gasteiger partial charge in [-0.1, -0.05) is 30.2 Å². The molecule has 5 rings (SSSR count). The van der Waals surface area contributed by atoms with Crippen LogP contribution in [0, 0.1) is 0 Å². The zero-order chi connectivity index (χ0) is 16.1. The van der Waals surface area contributed by atoms with E-state index in [0.717, 1.165) is 19.3 Å². The van der Waals surface area contributed by atoms with Gasteiger partial charge in [0, 0.05) is 35.1 Å². The average Bonchev–Trinajstić information content (AvgIpc) is 2.82. The fraction of sp³-hybridized carbons (Fsp3) is 0.550. The van der Waals surface area contributed by atoms with Gasteiger partial charge in [0.25, 0.3) is 0 Å². The second kappa shape index (κ2) is 5.63. The summed E-state index contributed by atoms with van der Waals surface area (Å²) < 4.78 is 6.02. The van der Waals surface area contributed by atoms with Gasteiger partial charge in [0.05, 0.1) is 6.04 Å². The topological polar surface area (TPSA) is 29.5 Å². The third kappa shape index (κ3) is 2.34. The molecular formula is C20H23NO2S. The molecule has 4 unspecified atom stereocenters. The van der Waals surface area contributed by atoms with Crippen molar-refractivity contribution in [1.29, 1.82) is 0 Å². The Hall–Kier alpha value is -1.26. The van der Waals surface area contributed by atoms with Crippen molar-refractivity contribution in [3.05, 3.63) is 42.0 Å². The van der Waals surface area contributed by atoms with Crippen LogP contribution < -0.4 is 0 Å². The van der Waals surface area contributed by atoms with E-state index in [0.29, 0.717) is 17.3 Å². The van der Waals surface area contributed by atoms with Crippen LogP contribution in [0.5, 0.6) is 0 Å². The highest BCUT2D eigenvalue weighted by Gasteiger charge is 2.59. The van der Waals surface area contributed by atoms with Crippen molar-refractivity contribution in [3.63, 3.8) is 0 Å². The van der Waals surface area contributed by atoms with Gasteiger partial charge in [0.15, 0.2) is 0 Å². The van der Waals surface area contributed by atoms with E-state index < -0.39 is 0 Å². The van der Waals surface area contributed by atoms with E-state index in [4.69, 9.17) is 4.74 Å². The maximum absolute atomic E-state index is 12.2. The maximum Gasteiger partial charge on any atom is 0.331 e. The summed E-state index contributed by atoms with van der Waals surface area (Å²) in [4.78, 5) is 16.3. The molecule has 3 aliphatic heterocycles. The van der Waals surface area contributed by atoms with Gasteiger partial charge >= 0.3 is 5.97 Å². The summed E-state index contributed by atoms with van der Waals surface area (Å²) in [5.74, 6) is -0.104. The molecule has 4 atom stereocenters. The highest BCUT2D eigenvalue weighted by molar-refractivity contribution is 8.00. The van der Waals surface area contributed by atoms with Crippen molar-refractivity contribution in [1.82, 2.24) is 4.90 Å². The number of nitrogens with zero attached hydrogens (tertiary/aromatic N) is 1. The number of hydrogen-bond acceptors (Lipinski definition) is 4. The standard InChI is InChI=1S/C20H23NO2S/c22-19-11-14-10-17(24-15-6-2-1-3-7-15)16-13-20(12-14,23-19)18-8-4-5-9-21(16)18/h1-3,6-7,11,16-18H,4-5,8-10,12-13H2. The van der Waals surface area contributed by atoms with Crippen molar-refractivity contribution in [2.75, 3.05) is 6.54 Å². The summed E-state index contributed by atoms with van der Waals surface area (Å²) in [7, 11) is 0. The van der Waals surface area contributed by atoms with E-state index in [1.165, 1.54) is 36.3 Å². The summed E-state index contributed by atoms with van der Waals surface area (Å²) in [5, 5.41) is 0.512. The molecule has 1 spiro atoms. The maximum atomic E-state index is 12.2. The molecule has 24 heavy (non-hydrogen) atoms. The fourth-order valence-electron chi connectivity index (χ4n) is 5.36. The number of fused-ring (bicyclic) bond motifs is 4. The molecule has 3 heterocycles. The summed E-state index contributed by atoms with van der Waals surface area (Å²) in [6, 6.07) is 11.7. The lowest BCUT2D eigenvalue weighted by Crippen LogP contribution is -2.53. The molecule has 1 aromatic carbocycles. The van der Waals surface area contributed by atoms with Gasteiger partial charge in [-0.05, 0) is 37.9 Å². The van der Waals surface area contributed by atoms with Gasteiger partial charge in [-0.15, -0.1) is 11.8 Å². The Morgan fingerprint density at radius 2 is 2.08 bits per heavy atom. The van der Waals surface area contributed by atoms with Crippen LogP contribution in [0.1, 0.15) is 38.5 Å².